The quantitative estimate of drug-likeness (QED) is 0.745. The van der Waals surface area contributed by atoms with Crippen molar-refractivity contribution in [1.82, 2.24) is 10.2 Å². The molecule has 1 aliphatic rings. The van der Waals surface area contributed by atoms with E-state index in [1.54, 1.807) is 0 Å². The summed E-state index contributed by atoms with van der Waals surface area (Å²) in [6.07, 6.45) is 1.56. The minimum Gasteiger partial charge on any atom is -0.413 e. The molecule has 0 bridgehead atoms. The number of likely N-dealkylation sites (N-methyl/N-ethyl adjacent to an activating group) is 1. The second kappa shape index (κ2) is 7.91. The number of likely N-dealkylation sites (tertiary alicyclic amines) is 1. The summed E-state index contributed by atoms with van der Waals surface area (Å²) in [6, 6.07) is 7.25. The van der Waals surface area contributed by atoms with Crippen LogP contribution in [0, 0.1) is 13.8 Å². The minimum absolute atomic E-state index is 0.285. The Hall–Kier alpha value is -0.683. The highest BCUT2D eigenvalue weighted by atomic mass is 28.4. The van der Waals surface area contributed by atoms with Crippen molar-refractivity contribution in [2.24, 2.45) is 0 Å². The average Bonchev–Trinajstić information content (AvgIpc) is 2.89. The van der Waals surface area contributed by atoms with Crippen LogP contribution >= 0.6 is 0 Å². The molecule has 1 fully saturated rings. The lowest BCUT2D eigenvalue weighted by Crippen LogP contribution is -2.44. The number of hydrogen-bond donors (Lipinski definition) is 1. The van der Waals surface area contributed by atoms with Crippen LogP contribution in [0.5, 0.6) is 0 Å². The Labute approximate surface area is 156 Å². The number of hydrogen-bond acceptors (Lipinski definition) is 3. The Morgan fingerprint density at radius 1 is 1.20 bits per heavy atom. The van der Waals surface area contributed by atoms with Gasteiger partial charge in [0.1, 0.15) is 0 Å². The first-order chi connectivity index (χ1) is 11.5. The van der Waals surface area contributed by atoms with E-state index in [9.17, 15) is 0 Å². The monoisotopic (exact) mass is 362 g/mol. The molecule has 0 aromatic heterocycles. The fraction of sp³-hybridized carbons (Fsp3) is 0.714. The number of rotatable bonds is 6. The van der Waals surface area contributed by atoms with Crippen LogP contribution < -0.4 is 5.32 Å². The molecule has 0 aliphatic carbocycles. The van der Waals surface area contributed by atoms with Gasteiger partial charge in [-0.05, 0) is 51.0 Å². The third-order valence-electron chi connectivity index (χ3n) is 5.93. The molecule has 1 aromatic carbocycles. The maximum Gasteiger partial charge on any atom is 0.192 e. The molecule has 0 amide bonds. The summed E-state index contributed by atoms with van der Waals surface area (Å²) in [5.41, 5.74) is 4.08. The summed E-state index contributed by atoms with van der Waals surface area (Å²) >= 11 is 0. The number of aryl methyl sites for hydroxylation is 2. The number of nitrogens with zero attached hydrogens (tertiary/aromatic N) is 1. The molecular weight excluding hydrogens is 324 g/mol. The van der Waals surface area contributed by atoms with E-state index >= 15 is 0 Å². The Balaban J connectivity index is 1.97. The smallest absolute Gasteiger partial charge is 0.192 e. The lowest BCUT2D eigenvalue weighted by molar-refractivity contribution is 0.177. The second-order valence-electron chi connectivity index (χ2n) is 9.31. The van der Waals surface area contributed by atoms with E-state index in [1.165, 1.54) is 16.7 Å². The lowest BCUT2D eigenvalue weighted by atomic mass is 10.0. The first-order valence-electron chi connectivity index (χ1n) is 9.67. The largest absolute Gasteiger partial charge is 0.413 e. The van der Waals surface area contributed by atoms with E-state index in [0.29, 0.717) is 12.1 Å². The molecule has 1 heterocycles. The molecule has 1 saturated heterocycles. The van der Waals surface area contributed by atoms with E-state index in [2.05, 4.69) is 83.2 Å². The van der Waals surface area contributed by atoms with Crippen LogP contribution in [0.3, 0.4) is 0 Å². The SMILES string of the molecule is CN[C@H](CN1CCC(O[Si](C)(C)C(C)(C)C)C1)c1cc(C)cc(C)c1. The van der Waals surface area contributed by atoms with Gasteiger partial charge in [-0.25, -0.2) is 0 Å². The van der Waals surface area contributed by atoms with E-state index in [4.69, 9.17) is 4.43 Å². The van der Waals surface area contributed by atoms with Crippen molar-refractivity contribution in [2.45, 2.75) is 71.3 Å². The van der Waals surface area contributed by atoms with Crippen LogP contribution in [0.15, 0.2) is 18.2 Å². The lowest BCUT2D eigenvalue weighted by Gasteiger charge is -2.38. The molecular formula is C21H38N2OSi. The van der Waals surface area contributed by atoms with Crippen molar-refractivity contribution in [3.8, 4) is 0 Å². The van der Waals surface area contributed by atoms with Crippen LogP contribution in [-0.4, -0.2) is 46.0 Å². The van der Waals surface area contributed by atoms with Gasteiger partial charge in [0.15, 0.2) is 8.32 Å². The Kier molecular flexibility index (Phi) is 6.53. The standard InChI is InChI=1S/C21H38N2OSi/c1-16-11-17(2)13-18(12-16)20(22-6)15-23-10-9-19(14-23)24-25(7,8)21(3,4)5/h11-13,19-20,22H,9-10,14-15H2,1-8H3/t19?,20-/m1/s1. The van der Waals surface area contributed by atoms with Gasteiger partial charge in [0.25, 0.3) is 0 Å². The van der Waals surface area contributed by atoms with E-state index in [-0.39, 0.29) is 5.04 Å². The molecule has 1 unspecified atom stereocenters. The third-order valence-corrected chi connectivity index (χ3v) is 10.5. The van der Waals surface area contributed by atoms with Crippen molar-refractivity contribution in [2.75, 3.05) is 26.7 Å². The Morgan fingerprint density at radius 2 is 1.80 bits per heavy atom. The second-order valence-corrected chi connectivity index (χ2v) is 14.1. The summed E-state index contributed by atoms with van der Waals surface area (Å²) in [5, 5.41) is 3.80. The third kappa shape index (κ3) is 5.39. The van der Waals surface area contributed by atoms with Crippen LogP contribution in [0.4, 0.5) is 0 Å². The van der Waals surface area contributed by atoms with Gasteiger partial charge >= 0.3 is 0 Å². The fourth-order valence-electron chi connectivity index (χ4n) is 3.49. The zero-order valence-electron chi connectivity index (χ0n) is 17.6. The van der Waals surface area contributed by atoms with Crippen molar-refractivity contribution < 1.29 is 4.43 Å². The van der Waals surface area contributed by atoms with Gasteiger partial charge in [0.2, 0.25) is 0 Å². The molecule has 1 aromatic rings. The molecule has 0 radical (unpaired) electrons. The summed E-state index contributed by atoms with van der Waals surface area (Å²) in [7, 11) is 0.403. The maximum absolute atomic E-state index is 6.63. The van der Waals surface area contributed by atoms with Crippen molar-refractivity contribution >= 4 is 8.32 Å². The molecule has 0 saturated carbocycles. The molecule has 2 rings (SSSR count). The highest BCUT2D eigenvalue weighted by Gasteiger charge is 2.40. The van der Waals surface area contributed by atoms with Gasteiger partial charge in [-0.1, -0.05) is 50.1 Å². The van der Waals surface area contributed by atoms with Gasteiger partial charge in [-0.3, -0.25) is 4.90 Å². The van der Waals surface area contributed by atoms with E-state index in [0.717, 1.165) is 26.1 Å². The molecule has 2 atom stereocenters. The number of nitrogens with one attached hydrogen (secondary N) is 1. The predicted molar refractivity (Wildman–Crippen MR) is 111 cm³/mol. The van der Waals surface area contributed by atoms with Crippen molar-refractivity contribution in [3.63, 3.8) is 0 Å². The highest BCUT2D eigenvalue weighted by Crippen LogP contribution is 2.38. The molecule has 1 N–H and O–H groups in total. The van der Waals surface area contributed by atoms with Crippen molar-refractivity contribution in [1.29, 1.82) is 0 Å². The summed E-state index contributed by atoms with van der Waals surface area (Å²) < 4.78 is 6.63. The van der Waals surface area contributed by atoms with Crippen LogP contribution in [0.2, 0.25) is 18.1 Å². The van der Waals surface area contributed by atoms with Gasteiger partial charge in [0.05, 0.1) is 6.10 Å². The summed E-state index contributed by atoms with van der Waals surface area (Å²) in [5.74, 6) is 0. The topological polar surface area (TPSA) is 24.5 Å². The average molecular weight is 363 g/mol. The molecule has 4 heteroatoms. The number of benzene rings is 1. The predicted octanol–water partition coefficient (Wildman–Crippen LogP) is 4.66. The summed E-state index contributed by atoms with van der Waals surface area (Å²) in [4.78, 5) is 2.57. The molecule has 3 nitrogen and oxygen atoms in total. The normalized spacial score (nSPS) is 20.9. The van der Waals surface area contributed by atoms with Gasteiger partial charge in [-0.2, -0.15) is 0 Å². The van der Waals surface area contributed by atoms with Crippen LogP contribution in [0.25, 0.3) is 0 Å². The minimum atomic E-state index is -1.67. The van der Waals surface area contributed by atoms with Gasteiger partial charge < -0.3 is 9.74 Å². The fourth-order valence-corrected chi connectivity index (χ4v) is 4.86. The highest BCUT2D eigenvalue weighted by molar-refractivity contribution is 6.74. The Morgan fingerprint density at radius 3 is 2.32 bits per heavy atom. The first-order valence-corrected chi connectivity index (χ1v) is 12.6. The molecule has 0 spiro atoms. The van der Waals surface area contributed by atoms with Gasteiger partial charge in [-0.15, -0.1) is 0 Å². The van der Waals surface area contributed by atoms with Crippen LogP contribution in [-0.2, 0) is 4.43 Å². The molecule has 142 valence electrons. The molecule has 25 heavy (non-hydrogen) atoms. The zero-order valence-corrected chi connectivity index (χ0v) is 18.6. The maximum atomic E-state index is 6.63. The van der Waals surface area contributed by atoms with Crippen molar-refractivity contribution in [3.05, 3.63) is 34.9 Å². The van der Waals surface area contributed by atoms with E-state index in [1.807, 2.05) is 0 Å². The molecule has 1 aliphatic heterocycles. The zero-order chi connectivity index (χ0) is 18.8. The van der Waals surface area contributed by atoms with Crippen LogP contribution in [0.1, 0.15) is 49.9 Å². The summed E-state index contributed by atoms with van der Waals surface area (Å²) in [6.45, 7) is 19.3. The van der Waals surface area contributed by atoms with E-state index < -0.39 is 8.32 Å². The first kappa shape index (κ1) is 20.6. The Bertz CT molecular complexity index is 559. The van der Waals surface area contributed by atoms with Gasteiger partial charge in [0, 0.05) is 25.7 Å².